The zero-order chi connectivity index (χ0) is 19.1. The van der Waals surface area contributed by atoms with Crippen molar-refractivity contribution in [3.05, 3.63) is 59.0 Å². The maximum Gasteiger partial charge on any atom is 0.261 e. The minimum atomic E-state index is -0.386. The van der Waals surface area contributed by atoms with Crippen molar-refractivity contribution in [3.8, 4) is 0 Å². The van der Waals surface area contributed by atoms with Crippen LogP contribution in [0.5, 0.6) is 0 Å². The molecule has 0 spiro atoms. The second-order valence-corrected chi connectivity index (χ2v) is 7.62. The van der Waals surface area contributed by atoms with E-state index >= 15 is 0 Å². The number of carbonyl (C=O) groups is 3. The van der Waals surface area contributed by atoms with Crippen LogP contribution >= 0.6 is 0 Å². The van der Waals surface area contributed by atoms with E-state index in [2.05, 4.69) is 13.8 Å². The predicted octanol–water partition coefficient (Wildman–Crippen LogP) is 3.34. The highest BCUT2D eigenvalue weighted by molar-refractivity contribution is 6.22. The maximum atomic E-state index is 13.0. The highest BCUT2D eigenvalue weighted by atomic mass is 16.3. The number of imide groups is 1. The first kappa shape index (κ1) is 17.5. The second kappa shape index (κ2) is 6.68. The monoisotopic (exact) mass is 366 g/mol. The molecule has 1 saturated carbocycles. The molecule has 2 aromatic rings. The van der Waals surface area contributed by atoms with Gasteiger partial charge in [0.15, 0.2) is 0 Å². The Kier molecular flexibility index (Phi) is 4.34. The van der Waals surface area contributed by atoms with Gasteiger partial charge in [-0.1, -0.05) is 13.8 Å². The fourth-order valence-electron chi connectivity index (χ4n) is 3.47. The molecule has 0 bridgehead atoms. The average molecular weight is 366 g/mol. The maximum absolute atomic E-state index is 13.0. The Morgan fingerprint density at radius 2 is 1.93 bits per heavy atom. The highest BCUT2D eigenvalue weighted by Gasteiger charge is 2.38. The Hall–Kier alpha value is -2.89. The lowest BCUT2D eigenvalue weighted by Crippen LogP contribution is -2.36. The van der Waals surface area contributed by atoms with Crippen LogP contribution in [0.25, 0.3) is 0 Å². The number of hydrogen-bond acceptors (Lipinski definition) is 4. The Labute approximate surface area is 157 Å². The van der Waals surface area contributed by atoms with E-state index < -0.39 is 0 Å². The molecule has 1 aliphatic carbocycles. The van der Waals surface area contributed by atoms with Crippen LogP contribution in [-0.4, -0.2) is 40.1 Å². The summed E-state index contributed by atoms with van der Waals surface area (Å²) in [5, 5.41) is 0. The Morgan fingerprint density at radius 1 is 1.19 bits per heavy atom. The van der Waals surface area contributed by atoms with Crippen LogP contribution in [0.1, 0.15) is 63.5 Å². The summed E-state index contributed by atoms with van der Waals surface area (Å²) in [4.78, 5) is 41.4. The van der Waals surface area contributed by atoms with Crippen molar-refractivity contribution >= 4 is 17.7 Å². The average Bonchev–Trinajstić information content (AvgIpc) is 3.31. The summed E-state index contributed by atoms with van der Waals surface area (Å²) < 4.78 is 5.25. The number of benzene rings is 1. The number of rotatable bonds is 6. The fourth-order valence-corrected chi connectivity index (χ4v) is 3.47. The van der Waals surface area contributed by atoms with Gasteiger partial charge in [-0.3, -0.25) is 19.3 Å². The number of amides is 3. The van der Waals surface area contributed by atoms with Crippen molar-refractivity contribution in [2.75, 3.05) is 6.54 Å². The van der Waals surface area contributed by atoms with Gasteiger partial charge in [-0.25, -0.2) is 0 Å². The number of nitrogens with zero attached hydrogens (tertiary/aromatic N) is 2. The lowest BCUT2D eigenvalue weighted by molar-refractivity contribution is 0.0631. The number of furan rings is 1. The van der Waals surface area contributed by atoms with Crippen molar-refractivity contribution in [2.45, 2.75) is 39.3 Å². The number of fused-ring (bicyclic) bond motifs is 1. The van der Waals surface area contributed by atoms with Crippen molar-refractivity contribution in [1.29, 1.82) is 0 Å². The summed E-state index contributed by atoms with van der Waals surface area (Å²) in [6.45, 7) is 4.95. The van der Waals surface area contributed by atoms with E-state index in [1.807, 2.05) is 4.90 Å². The van der Waals surface area contributed by atoms with E-state index in [1.165, 1.54) is 6.26 Å². The molecule has 0 N–H and O–H groups in total. The van der Waals surface area contributed by atoms with E-state index in [9.17, 15) is 14.4 Å². The minimum absolute atomic E-state index is 0.0706. The van der Waals surface area contributed by atoms with Crippen LogP contribution < -0.4 is 0 Å². The zero-order valence-electron chi connectivity index (χ0n) is 15.5. The van der Waals surface area contributed by atoms with Crippen molar-refractivity contribution in [1.82, 2.24) is 9.80 Å². The minimum Gasteiger partial charge on any atom is -0.467 e. The third-order valence-electron chi connectivity index (χ3n) is 4.92. The molecule has 0 unspecified atom stereocenters. The van der Waals surface area contributed by atoms with Gasteiger partial charge >= 0.3 is 0 Å². The van der Waals surface area contributed by atoms with E-state index in [0.717, 1.165) is 17.7 Å². The number of hydrogen-bond donors (Lipinski definition) is 0. The second-order valence-electron chi connectivity index (χ2n) is 7.62. The van der Waals surface area contributed by atoms with E-state index in [-0.39, 0.29) is 29.8 Å². The van der Waals surface area contributed by atoms with Gasteiger partial charge in [0, 0.05) is 18.2 Å². The van der Waals surface area contributed by atoms with E-state index in [4.69, 9.17) is 4.42 Å². The largest absolute Gasteiger partial charge is 0.467 e. The molecular weight excluding hydrogens is 344 g/mol. The fraction of sp³-hybridized carbons (Fsp3) is 0.381. The van der Waals surface area contributed by atoms with Gasteiger partial charge in [0.1, 0.15) is 5.76 Å². The molecule has 2 aliphatic rings. The third-order valence-corrected chi connectivity index (χ3v) is 4.92. The van der Waals surface area contributed by atoms with Crippen molar-refractivity contribution in [2.24, 2.45) is 5.92 Å². The van der Waals surface area contributed by atoms with Crippen LogP contribution in [0.2, 0.25) is 0 Å². The molecule has 0 saturated heterocycles. The molecule has 140 valence electrons. The van der Waals surface area contributed by atoms with Crippen LogP contribution in [0, 0.1) is 5.92 Å². The number of carbonyl (C=O) groups excluding carboxylic acids is 3. The first-order chi connectivity index (χ1) is 13.0. The van der Waals surface area contributed by atoms with Crippen LogP contribution in [-0.2, 0) is 6.54 Å². The van der Waals surface area contributed by atoms with Crippen LogP contribution in [0.3, 0.4) is 0 Å². The topological polar surface area (TPSA) is 70.8 Å². The normalized spacial score (nSPS) is 16.2. The van der Waals surface area contributed by atoms with Crippen LogP contribution in [0.15, 0.2) is 41.0 Å². The Bertz CT molecular complexity index is 897. The summed E-state index contributed by atoms with van der Waals surface area (Å²) in [7, 11) is 0. The summed E-state index contributed by atoms with van der Waals surface area (Å²) >= 11 is 0. The molecule has 2 heterocycles. The summed E-state index contributed by atoms with van der Waals surface area (Å²) in [5.74, 6) is 0.0989. The Balaban J connectivity index is 1.59. The summed E-state index contributed by atoms with van der Waals surface area (Å²) in [6.07, 6.45) is 3.56. The lowest BCUT2D eigenvalue weighted by Gasteiger charge is -2.24. The van der Waals surface area contributed by atoms with Gasteiger partial charge in [-0.15, -0.1) is 0 Å². The smallest absolute Gasteiger partial charge is 0.261 e. The van der Waals surface area contributed by atoms with Gasteiger partial charge in [0.05, 0.1) is 23.9 Å². The van der Waals surface area contributed by atoms with Gasteiger partial charge in [-0.2, -0.15) is 0 Å². The molecule has 6 heteroatoms. The molecule has 1 aromatic heterocycles. The van der Waals surface area contributed by atoms with E-state index in [1.54, 1.807) is 30.3 Å². The van der Waals surface area contributed by atoms with Gasteiger partial charge in [0.25, 0.3) is 17.7 Å². The molecule has 1 aromatic carbocycles. The van der Waals surface area contributed by atoms with Gasteiger partial charge < -0.3 is 9.32 Å². The van der Waals surface area contributed by atoms with Gasteiger partial charge in [0.2, 0.25) is 0 Å². The first-order valence-electron chi connectivity index (χ1n) is 9.29. The van der Waals surface area contributed by atoms with Crippen molar-refractivity contribution in [3.63, 3.8) is 0 Å². The molecular formula is C21H22N2O4. The third kappa shape index (κ3) is 3.27. The van der Waals surface area contributed by atoms with Crippen LogP contribution in [0.4, 0.5) is 0 Å². The molecule has 6 nitrogen and oxygen atoms in total. The van der Waals surface area contributed by atoms with Crippen molar-refractivity contribution < 1.29 is 18.8 Å². The summed E-state index contributed by atoms with van der Waals surface area (Å²) in [6, 6.07) is 8.53. The Morgan fingerprint density at radius 3 is 2.56 bits per heavy atom. The molecule has 0 radical (unpaired) electrons. The van der Waals surface area contributed by atoms with E-state index in [0.29, 0.717) is 35.4 Å². The summed E-state index contributed by atoms with van der Waals surface area (Å²) in [5.41, 5.74) is 1.09. The standard InChI is InChI=1S/C21H22N2O4/c1-13(2)11-22(15-6-7-15)19(24)14-5-8-17-18(10-14)21(26)23(20(17)25)12-16-4-3-9-27-16/h3-5,8-10,13,15H,6-7,11-12H2,1-2H3. The first-order valence-corrected chi connectivity index (χ1v) is 9.29. The molecule has 1 fully saturated rings. The highest BCUT2D eigenvalue weighted by Crippen LogP contribution is 2.31. The SMILES string of the molecule is CC(C)CN(C(=O)c1ccc2c(c1)C(=O)N(Cc1ccco1)C2=O)C1CC1. The lowest BCUT2D eigenvalue weighted by atomic mass is 10.0. The van der Waals surface area contributed by atoms with Gasteiger partial charge in [-0.05, 0) is 49.1 Å². The molecule has 1 aliphatic heterocycles. The molecule has 27 heavy (non-hydrogen) atoms. The quantitative estimate of drug-likeness (QED) is 0.735. The molecule has 4 rings (SSSR count). The predicted molar refractivity (Wildman–Crippen MR) is 98.3 cm³/mol. The molecule has 3 amide bonds. The molecule has 0 atom stereocenters. The zero-order valence-corrected chi connectivity index (χ0v) is 15.5.